The summed E-state index contributed by atoms with van der Waals surface area (Å²) in [4.78, 5) is 11.7. The summed E-state index contributed by atoms with van der Waals surface area (Å²) in [6.45, 7) is 2.15. The Morgan fingerprint density at radius 1 is 1.44 bits per heavy atom. The number of aliphatic hydroxyl groups excluding tert-OH is 1. The van der Waals surface area contributed by atoms with Crippen LogP contribution in [0.25, 0.3) is 0 Å². The Hall–Kier alpha value is -1.20. The molecule has 0 saturated carbocycles. The molecule has 0 fully saturated rings. The van der Waals surface area contributed by atoms with Crippen molar-refractivity contribution in [3.63, 3.8) is 0 Å². The fourth-order valence-corrected chi connectivity index (χ4v) is 2.29. The summed E-state index contributed by atoms with van der Waals surface area (Å²) in [5.41, 5.74) is 8.11. The highest BCUT2D eigenvalue weighted by molar-refractivity contribution is 7.99. The van der Waals surface area contributed by atoms with Gasteiger partial charge in [0, 0.05) is 30.2 Å². The minimum atomic E-state index is 0.000184. The normalized spacial score (nSPS) is 10.3. The average Bonchev–Trinajstić information content (AvgIpc) is 2.33. The average molecular weight is 268 g/mol. The zero-order chi connectivity index (χ0) is 13.4. The van der Waals surface area contributed by atoms with Crippen LogP contribution in [0.4, 0.5) is 11.4 Å². The van der Waals surface area contributed by atoms with Gasteiger partial charge < -0.3 is 16.2 Å². The molecule has 0 aliphatic heterocycles. The molecule has 0 aliphatic rings. The number of aryl methyl sites for hydroxylation is 1. The third-order valence-electron chi connectivity index (χ3n) is 2.46. The first-order chi connectivity index (χ1) is 8.63. The molecular weight excluding hydrogens is 248 g/mol. The molecule has 1 rings (SSSR count). The van der Waals surface area contributed by atoms with Crippen molar-refractivity contribution < 1.29 is 9.90 Å². The lowest BCUT2D eigenvalue weighted by molar-refractivity contribution is -0.115. The summed E-state index contributed by atoms with van der Waals surface area (Å²) in [6, 6.07) is 5.48. The minimum absolute atomic E-state index is 0.000184. The van der Waals surface area contributed by atoms with E-state index in [2.05, 4.69) is 5.32 Å². The van der Waals surface area contributed by atoms with E-state index >= 15 is 0 Å². The van der Waals surface area contributed by atoms with E-state index in [0.29, 0.717) is 12.1 Å². The SMILES string of the molecule is Cc1ccc(N)cc1NC(=O)CCSCCCO. The zero-order valence-electron chi connectivity index (χ0n) is 10.6. The summed E-state index contributed by atoms with van der Waals surface area (Å²) < 4.78 is 0. The lowest BCUT2D eigenvalue weighted by atomic mass is 10.2. The van der Waals surface area contributed by atoms with E-state index in [1.54, 1.807) is 17.8 Å². The molecule has 0 unspecified atom stereocenters. The summed E-state index contributed by atoms with van der Waals surface area (Å²) in [5.74, 6) is 1.66. The second kappa shape index (κ2) is 8.00. The van der Waals surface area contributed by atoms with Gasteiger partial charge in [-0.3, -0.25) is 4.79 Å². The highest BCUT2D eigenvalue weighted by atomic mass is 32.2. The number of nitrogen functional groups attached to an aromatic ring is 1. The maximum atomic E-state index is 11.7. The summed E-state index contributed by atoms with van der Waals surface area (Å²) in [5, 5.41) is 11.5. The van der Waals surface area contributed by atoms with Crippen molar-refractivity contribution in [3.05, 3.63) is 23.8 Å². The van der Waals surface area contributed by atoms with Gasteiger partial charge in [-0.05, 0) is 36.8 Å². The van der Waals surface area contributed by atoms with Gasteiger partial charge in [-0.25, -0.2) is 0 Å². The van der Waals surface area contributed by atoms with E-state index in [0.717, 1.165) is 29.2 Å². The largest absolute Gasteiger partial charge is 0.399 e. The number of amides is 1. The molecule has 0 radical (unpaired) electrons. The van der Waals surface area contributed by atoms with Crippen LogP contribution >= 0.6 is 11.8 Å². The van der Waals surface area contributed by atoms with Gasteiger partial charge in [-0.2, -0.15) is 11.8 Å². The van der Waals surface area contributed by atoms with E-state index in [1.165, 1.54) is 0 Å². The smallest absolute Gasteiger partial charge is 0.225 e. The van der Waals surface area contributed by atoms with Crippen LogP contribution in [0.1, 0.15) is 18.4 Å². The quantitative estimate of drug-likeness (QED) is 0.522. The Labute approximate surface area is 112 Å². The number of rotatable bonds is 7. The van der Waals surface area contributed by atoms with E-state index in [4.69, 9.17) is 10.8 Å². The minimum Gasteiger partial charge on any atom is -0.399 e. The van der Waals surface area contributed by atoms with Crippen molar-refractivity contribution in [2.24, 2.45) is 0 Å². The lowest BCUT2D eigenvalue weighted by Crippen LogP contribution is -2.13. The first kappa shape index (κ1) is 14.9. The Kier molecular flexibility index (Phi) is 6.60. The molecule has 0 bridgehead atoms. The maximum absolute atomic E-state index is 11.7. The number of carbonyl (C=O) groups excluding carboxylic acids is 1. The predicted octanol–water partition coefficient (Wildman–Crippen LogP) is 2.02. The molecule has 0 aromatic heterocycles. The summed E-state index contributed by atoms with van der Waals surface area (Å²) in [6.07, 6.45) is 1.25. The standard InChI is InChI=1S/C13H20N2O2S/c1-10-3-4-11(14)9-12(10)15-13(17)5-8-18-7-2-6-16/h3-4,9,16H,2,5-8,14H2,1H3,(H,15,17). The monoisotopic (exact) mass is 268 g/mol. The Morgan fingerprint density at radius 3 is 2.94 bits per heavy atom. The molecule has 4 nitrogen and oxygen atoms in total. The van der Waals surface area contributed by atoms with Crippen molar-refractivity contribution in [1.82, 2.24) is 0 Å². The van der Waals surface area contributed by atoms with Crippen LogP contribution in [-0.4, -0.2) is 29.1 Å². The molecule has 0 spiro atoms. The number of hydrogen-bond donors (Lipinski definition) is 3. The second-order valence-corrected chi connectivity index (χ2v) is 5.29. The highest BCUT2D eigenvalue weighted by Crippen LogP contribution is 2.18. The molecule has 4 N–H and O–H groups in total. The molecule has 0 heterocycles. The number of thioether (sulfide) groups is 1. The fraction of sp³-hybridized carbons (Fsp3) is 0.462. The van der Waals surface area contributed by atoms with Gasteiger partial charge in [0.05, 0.1) is 0 Å². The van der Waals surface area contributed by atoms with Gasteiger partial charge in [0.1, 0.15) is 0 Å². The number of aliphatic hydroxyl groups is 1. The van der Waals surface area contributed by atoms with Gasteiger partial charge in [0.15, 0.2) is 0 Å². The van der Waals surface area contributed by atoms with E-state index in [-0.39, 0.29) is 12.5 Å². The number of hydrogen-bond acceptors (Lipinski definition) is 4. The number of nitrogens with one attached hydrogen (secondary N) is 1. The van der Waals surface area contributed by atoms with E-state index in [1.807, 2.05) is 19.1 Å². The fourth-order valence-electron chi connectivity index (χ4n) is 1.42. The van der Waals surface area contributed by atoms with Gasteiger partial charge in [-0.1, -0.05) is 6.07 Å². The lowest BCUT2D eigenvalue weighted by Gasteiger charge is -2.09. The Bertz CT molecular complexity index is 397. The third kappa shape index (κ3) is 5.42. The van der Waals surface area contributed by atoms with Crippen LogP contribution in [0.15, 0.2) is 18.2 Å². The summed E-state index contributed by atoms with van der Waals surface area (Å²) >= 11 is 1.68. The molecule has 5 heteroatoms. The van der Waals surface area contributed by atoms with Crippen molar-refractivity contribution >= 4 is 29.0 Å². The van der Waals surface area contributed by atoms with Gasteiger partial charge in [0.2, 0.25) is 5.91 Å². The van der Waals surface area contributed by atoms with Crippen LogP contribution in [0.3, 0.4) is 0 Å². The van der Waals surface area contributed by atoms with Crippen molar-refractivity contribution in [2.75, 3.05) is 29.2 Å². The number of carbonyl (C=O) groups is 1. The molecule has 0 saturated heterocycles. The predicted molar refractivity (Wildman–Crippen MR) is 77.9 cm³/mol. The number of nitrogens with two attached hydrogens (primary N) is 1. The summed E-state index contributed by atoms with van der Waals surface area (Å²) in [7, 11) is 0. The second-order valence-electron chi connectivity index (χ2n) is 4.06. The van der Waals surface area contributed by atoms with Crippen molar-refractivity contribution in [3.8, 4) is 0 Å². The first-order valence-corrected chi connectivity index (χ1v) is 7.13. The molecule has 1 amide bonds. The highest BCUT2D eigenvalue weighted by Gasteiger charge is 2.05. The van der Waals surface area contributed by atoms with E-state index in [9.17, 15) is 4.79 Å². The third-order valence-corrected chi connectivity index (χ3v) is 3.53. The number of benzene rings is 1. The Morgan fingerprint density at radius 2 is 2.22 bits per heavy atom. The van der Waals surface area contributed by atoms with Crippen LogP contribution in [0, 0.1) is 6.92 Å². The first-order valence-electron chi connectivity index (χ1n) is 5.98. The van der Waals surface area contributed by atoms with Crippen LogP contribution in [0.5, 0.6) is 0 Å². The van der Waals surface area contributed by atoms with Crippen molar-refractivity contribution in [2.45, 2.75) is 19.8 Å². The molecular formula is C13H20N2O2S. The molecule has 1 aromatic rings. The number of anilines is 2. The molecule has 1 aromatic carbocycles. The Balaban J connectivity index is 2.33. The molecule has 18 heavy (non-hydrogen) atoms. The molecule has 100 valence electrons. The maximum Gasteiger partial charge on any atom is 0.225 e. The van der Waals surface area contributed by atoms with Crippen LogP contribution in [0.2, 0.25) is 0 Å². The van der Waals surface area contributed by atoms with Crippen LogP contribution < -0.4 is 11.1 Å². The van der Waals surface area contributed by atoms with E-state index < -0.39 is 0 Å². The van der Waals surface area contributed by atoms with Gasteiger partial charge in [0.25, 0.3) is 0 Å². The topological polar surface area (TPSA) is 75.3 Å². The van der Waals surface area contributed by atoms with Gasteiger partial charge >= 0.3 is 0 Å². The molecule has 0 aliphatic carbocycles. The van der Waals surface area contributed by atoms with Gasteiger partial charge in [-0.15, -0.1) is 0 Å². The zero-order valence-corrected chi connectivity index (χ0v) is 11.4. The molecule has 0 atom stereocenters. The van der Waals surface area contributed by atoms with Crippen molar-refractivity contribution in [1.29, 1.82) is 0 Å². The van der Waals surface area contributed by atoms with Crippen LogP contribution in [-0.2, 0) is 4.79 Å².